The second kappa shape index (κ2) is 7.74. The Morgan fingerprint density at radius 1 is 1.07 bits per heavy atom. The maximum absolute atomic E-state index is 11.3. The van der Waals surface area contributed by atoms with Crippen LogP contribution >= 0.6 is 0 Å². The van der Waals surface area contributed by atoms with Crippen LogP contribution in [0.25, 0.3) is 11.5 Å². The first-order chi connectivity index (χ1) is 13.0. The van der Waals surface area contributed by atoms with Crippen LogP contribution in [0.4, 0.5) is 0 Å². The lowest BCUT2D eigenvalue weighted by atomic mass is 10.1. The zero-order valence-electron chi connectivity index (χ0n) is 14.5. The number of ether oxygens (including phenoxy) is 1. The van der Waals surface area contributed by atoms with Crippen molar-refractivity contribution >= 4 is 11.9 Å². The zero-order chi connectivity index (χ0) is 19.4. The van der Waals surface area contributed by atoms with E-state index in [1.54, 1.807) is 6.92 Å². The third-order valence-corrected chi connectivity index (χ3v) is 3.97. The highest BCUT2D eigenvalue weighted by Gasteiger charge is 2.16. The lowest BCUT2D eigenvalue weighted by Crippen LogP contribution is -2.09. The quantitative estimate of drug-likeness (QED) is 0.655. The Morgan fingerprint density at radius 3 is 2.48 bits per heavy atom. The lowest BCUT2D eigenvalue weighted by Gasteiger charge is -2.09. The molecule has 0 aliphatic carbocycles. The van der Waals surface area contributed by atoms with Crippen molar-refractivity contribution < 1.29 is 29.0 Å². The predicted molar refractivity (Wildman–Crippen MR) is 96.2 cm³/mol. The van der Waals surface area contributed by atoms with Gasteiger partial charge in [0.05, 0.1) is 17.9 Å². The van der Waals surface area contributed by atoms with Gasteiger partial charge in [-0.15, -0.1) is 0 Å². The first-order valence-corrected chi connectivity index (χ1v) is 8.21. The van der Waals surface area contributed by atoms with Gasteiger partial charge in [-0.3, -0.25) is 0 Å². The van der Waals surface area contributed by atoms with E-state index < -0.39 is 11.9 Å². The molecule has 0 atom stereocenters. The number of hydrogen-bond donors (Lipinski definition) is 2. The molecule has 27 heavy (non-hydrogen) atoms. The van der Waals surface area contributed by atoms with E-state index in [0.29, 0.717) is 23.8 Å². The number of carboxylic acids is 2. The minimum absolute atomic E-state index is 0.108. The molecule has 0 unspecified atom stereocenters. The van der Waals surface area contributed by atoms with Crippen LogP contribution in [0.1, 0.15) is 32.2 Å². The molecule has 0 spiro atoms. The van der Waals surface area contributed by atoms with Crippen LogP contribution in [0, 0.1) is 6.92 Å². The largest absolute Gasteiger partial charge is 0.492 e. The van der Waals surface area contributed by atoms with Crippen molar-refractivity contribution in [1.29, 1.82) is 0 Å². The molecule has 0 bridgehead atoms. The molecular formula is C20H17NO6. The van der Waals surface area contributed by atoms with Gasteiger partial charge < -0.3 is 19.4 Å². The Balaban J connectivity index is 1.71. The van der Waals surface area contributed by atoms with Crippen LogP contribution in [0.5, 0.6) is 5.75 Å². The first kappa shape index (κ1) is 18.2. The molecular weight excluding hydrogens is 350 g/mol. The molecule has 3 aromatic rings. The van der Waals surface area contributed by atoms with E-state index in [1.807, 2.05) is 30.3 Å². The standard InChI is InChI=1S/C20H17NO6/c1-12-16(21-18(27-12)13-5-3-2-4-6-13)9-10-26-17-8-7-14(19(22)23)11-15(17)20(24)25/h2-8,11H,9-10H2,1H3,(H,22,23)(H,24,25). The van der Waals surface area contributed by atoms with Crippen LogP contribution in [0.2, 0.25) is 0 Å². The maximum atomic E-state index is 11.3. The first-order valence-electron chi connectivity index (χ1n) is 8.21. The topological polar surface area (TPSA) is 110 Å². The van der Waals surface area contributed by atoms with Gasteiger partial charge in [0.15, 0.2) is 0 Å². The van der Waals surface area contributed by atoms with Crippen LogP contribution in [0.3, 0.4) is 0 Å². The predicted octanol–water partition coefficient (Wildman–Crippen LogP) is 3.67. The molecule has 138 valence electrons. The molecule has 0 fully saturated rings. The van der Waals surface area contributed by atoms with Crippen molar-refractivity contribution in [2.75, 3.05) is 6.61 Å². The summed E-state index contributed by atoms with van der Waals surface area (Å²) in [4.78, 5) is 26.8. The van der Waals surface area contributed by atoms with Crippen molar-refractivity contribution in [3.63, 3.8) is 0 Å². The van der Waals surface area contributed by atoms with Gasteiger partial charge in [0, 0.05) is 12.0 Å². The van der Waals surface area contributed by atoms with E-state index in [-0.39, 0.29) is 23.5 Å². The summed E-state index contributed by atoms with van der Waals surface area (Å²) in [6.07, 6.45) is 0.419. The monoisotopic (exact) mass is 367 g/mol. The van der Waals surface area contributed by atoms with Crippen molar-refractivity contribution in [3.8, 4) is 17.2 Å². The Bertz CT molecular complexity index is 977. The zero-order valence-corrected chi connectivity index (χ0v) is 14.5. The molecule has 0 saturated carbocycles. The SMILES string of the molecule is Cc1oc(-c2ccccc2)nc1CCOc1ccc(C(=O)O)cc1C(=O)O. The van der Waals surface area contributed by atoms with Gasteiger partial charge in [0.1, 0.15) is 17.1 Å². The number of nitrogens with zero attached hydrogens (tertiary/aromatic N) is 1. The van der Waals surface area contributed by atoms with Crippen molar-refractivity contribution in [2.45, 2.75) is 13.3 Å². The summed E-state index contributed by atoms with van der Waals surface area (Å²) >= 11 is 0. The van der Waals surface area contributed by atoms with E-state index >= 15 is 0 Å². The van der Waals surface area contributed by atoms with Crippen molar-refractivity contribution in [3.05, 3.63) is 71.1 Å². The third kappa shape index (κ3) is 4.14. The number of aromatic carboxylic acids is 2. The molecule has 0 aliphatic heterocycles. The summed E-state index contributed by atoms with van der Waals surface area (Å²) in [6.45, 7) is 1.98. The number of carbonyl (C=O) groups is 2. The molecule has 3 rings (SSSR count). The van der Waals surface area contributed by atoms with Crippen molar-refractivity contribution in [1.82, 2.24) is 4.98 Å². The highest BCUT2D eigenvalue weighted by atomic mass is 16.5. The summed E-state index contributed by atoms with van der Waals surface area (Å²) < 4.78 is 11.2. The number of hydrogen-bond acceptors (Lipinski definition) is 5. The van der Waals surface area contributed by atoms with E-state index in [1.165, 1.54) is 12.1 Å². The van der Waals surface area contributed by atoms with Gasteiger partial charge in [-0.2, -0.15) is 0 Å². The fourth-order valence-electron chi connectivity index (χ4n) is 2.58. The second-order valence-corrected chi connectivity index (χ2v) is 5.81. The summed E-state index contributed by atoms with van der Waals surface area (Å²) in [5.74, 6) is -1.16. The average Bonchev–Trinajstić information content (AvgIpc) is 3.03. The van der Waals surface area contributed by atoms with E-state index in [9.17, 15) is 14.7 Å². The van der Waals surface area contributed by atoms with Gasteiger partial charge in [-0.25, -0.2) is 14.6 Å². The summed E-state index contributed by atoms with van der Waals surface area (Å²) in [5, 5.41) is 18.2. The number of aryl methyl sites for hydroxylation is 1. The second-order valence-electron chi connectivity index (χ2n) is 5.81. The van der Waals surface area contributed by atoms with Gasteiger partial charge in [-0.1, -0.05) is 18.2 Å². The van der Waals surface area contributed by atoms with Crippen LogP contribution in [-0.4, -0.2) is 33.7 Å². The third-order valence-electron chi connectivity index (χ3n) is 3.97. The number of rotatable bonds is 7. The number of carboxylic acid groups (broad SMARTS) is 2. The molecule has 7 nitrogen and oxygen atoms in total. The van der Waals surface area contributed by atoms with Gasteiger partial charge in [0.2, 0.25) is 5.89 Å². The van der Waals surface area contributed by atoms with Gasteiger partial charge >= 0.3 is 11.9 Å². The molecule has 2 N–H and O–H groups in total. The van der Waals surface area contributed by atoms with Crippen molar-refractivity contribution in [2.24, 2.45) is 0 Å². The fourth-order valence-corrected chi connectivity index (χ4v) is 2.58. The molecule has 0 aliphatic rings. The summed E-state index contributed by atoms with van der Waals surface area (Å²) in [7, 11) is 0. The fraction of sp³-hybridized carbons (Fsp3) is 0.150. The highest BCUT2D eigenvalue weighted by molar-refractivity contribution is 5.95. The summed E-state index contributed by atoms with van der Waals surface area (Å²) in [6, 6.07) is 13.2. The molecule has 1 aromatic heterocycles. The van der Waals surface area contributed by atoms with E-state index in [4.69, 9.17) is 14.3 Å². The van der Waals surface area contributed by atoms with Crippen LogP contribution < -0.4 is 4.74 Å². The molecule has 1 heterocycles. The normalized spacial score (nSPS) is 10.6. The smallest absolute Gasteiger partial charge is 0.339 e. The Morgan fingerprint density at radius 2 is 1.81 bits per heavy atom. The number of benzene rings is 2. The maximum Gasteiger partial charge on any atom is 0.339 e. The highest BCUT2D eigenvalue weighted by Crippen LogP contribution is 2.23. The minimum Gasteiger partial charge on any atom is -0.492 e. The van der Waals surface area contributed by atoms with E-state index in [2.05, 4.69) is 4.98 Å². The molecule has 0 saturated heterocycles. The average molecular weight is 367 g/mol. The molecule has 0 amide bonds. The lowest BCUT2D eigenvalue weighted by molar-refractivity contribution is 0.0692. The Hall–Kier alpha value is -3.61. The summed E-state index contributed by atoms with van der Waals surface area (Å²) in [5.41, 5.74) is 1.27. The Labute approximate surface area is 154 Å². The molecule has 0 radical (unpaired) electrons. The number of aromatic nitrogens is 1. The van der Waals surface area contributed by atoms with Crippen LogP contribution in [0.15, 0.2) is 52.9 Å². The molecule has 2 aromatic carbocycles. The van der Waals surface area contributed by atoms with E-state index in [0.717, 1.165) is 11.6 Å². The number of oxazole rings is 1. The minimum atomic E-state index is -1.25. The van der Waals surface area contributed by atoms with Gasteiger partial charge in [-0.05, 0) is 37.3 Å². The van der Waals surface area contributed by atoms with Crippen LogP contribution in [-0.2, 0) is 6.42 Å². The Kier molecular flexibility index (Phi) is 5.21. The molecule has 7 heteroatoms. The van der Waals surface area contributed by atoms with Gasteiger partial charge in [0.25, 0.3) is 0 Å².